The third kappa shape index (κ3) is 4.35. The summed E-state index contributed by atoms with van der Waals surface area (Å²) in [5.74, 6) is 3.59. The summed E-state index contributed by atoms with van der Waals surface area (Å²) in [6.45, 7) is 6.26. The van der Waals surface area contributed by atoms with Crippen LogP contribution in [-0.2, 0) is 42.3 Å². The number of thiophene rings is 2. The smallest absolute Gasteiger partial charge is 0.164 e. The molecule has 8 nitrogen and oxygen atoms in total. The van der Waals surface area contributed by atoms with Gasteiger partial charge < -0.3 is 9.47 Å². The summed E-state index contributed by atoms with van der Waals surface area (Å²) >= 11 is 6.96. The van der Waals surface area contributed by atoms with Gasteiger partial charge in [0.15, 0.2) is 11.6 Å². The maximum absolute atomic E-state index is 5.78. The third-order valence-electron chi connectivity index (χ3n) is 6.16. The molecule has 2 aliphatic heterocycles. The minimum absolute atomic E-state index is 0.521. The zero-order chi connectivity index (χ0) is 24.6. The van der Waals surface area contributed by atoms with Gasteiger partial charge in [-0.3, -0.25) is 9.13 Å². The van der Waals surface area contributed by atoms with E-state index < -0.39 is 0 Å². The summed E-state index contributed by atoms with van der Waals surface area (Å²) in [7, 11) is 0. The number of rotatable bonds is 2. The molecule has 1 aromatic carbocycles. The quantitative estimate of drug-likeness (QED) is 0.266. The van der Waals surface area contributed by atoms with Crippen LogP contribution < -0.4 is 0 Å². The Morgan fingerprint density at radius 1 is 0.778 bits per heavy atom. The minimum Gasteiger partial charge on any atom is -0.369 e. The zero-order valence-corrected chi connectivity index (χ0v) is 23.0. The monoisotopic (exact) mass is 582 g/mol. The fourth-order valence-corrected chi connectivity index (χ4v) is 7.28. The maximum Gasteiger partial charge on any atom is 0.164 e. The van der Waals surface area contributed by atoms with E-state index in [9.17, 15) is 0 Å². The first-order chi connectivity index (χ1) is 17.6. The van der Waals surface area contributed by atoms with Gasteiger partial charge >= 0.3 is 0 Å². The molecule has 36 heavy (non-hydrogen) atoms. The first-order valence-corrected chi connectivity index (χ1v) is 14.0. The SMILES string of the molecule is Cc1nnc2n1-c1scc(Br)c1COC2.Cc1nnc2n1-c1scc(Cc3ccccc3)c1COC2. The number of halogens is 1. The van der Waals surface area contributed by atoms with E-state index in [1.165, 1.54) is 27.3 Å². The predicted molar refractivity (Wildman–Crippen MR) is 142 cm³/mol. The normalized spacial score (nSPS) is 14.0. The Balaban J connectivity index is 0.000000141. The standard InChI is InChI=1S/C16H15N3OS.C9H8BrN3OS/c1-11-17-18-15-9-20-8-14-13(10-21-16(14)19(11)15)7-12-5-3-2-4-6-12;1-5-11-12-8-3-14-2-6-7(10)4-15-9(6)13(5)8/h2-6,10H,7-9H2,1H3;4H,2-3H2,1H3. The molecule has 184 valence electrons. The first-order valence-electron chi connectivity index (χ1n) is 11.5. The summed E-state index contributed by atoms with van der Waals surface area (Å²) in [5, 5.41) is 23.2. The molecule has 4 aromatic heterocycles. The van der Waals surface area contributed by atoms with E-state index >= 15 is 0 Å². The Kier molecular flexibility index (Phi) is 6.57. The van der Waals surface area contributed by atoms with E-state index in [1.807, 2.05) is 19.9 Å². The third-order valence-corrected chi connectivity index (χ3v) is 9.23. The Morgan fingerprint density at radius 3 is 2.03 bits per heavy atom. The van der Waals surface area contributed by atoms with Crippen molar-refractivity contribution in [1.29, 1.82) is 0 Å². The molecule has 0 atom stereocenters. The van der Waals surface area contributed by atoms with E-state index in [0.29, 0.717) is 26.4 Å². The molecule has 11 heteroatoms. The van der Waals surface area contributed by atoms with Gasteiger partial charge in [0, 0.05) is 21.0 Å². The molecule has 0 saturated heterocycles. The molecular formula is C25H23BrN6O2S2. The Hall–Kier alpha value is -2.70. The molecule has 0 radical (unpaired) electrons. The summed E-state index contributed by atoms with van der Waals surface area (Å²) in [6, 6.07) is 10.5. The van der Waals surface area contributed by atoms with Gasteiger partial charge in [-0.05, 0) is 52.7 Å². The van der Waals surface area contributed by atoms with Gasteiger partial charge in [-0.15, -0.1) is 43.1 Å². The van der Waals surface area contributed by atoms with Crippen LogP contribution in [0.25, 0.3) is 10.0 Å². The molecule has 2 aliphatic rings. The highest BCUT2D eigenvalue weighted by molar-refractivity contribution is 9.10. The average Bonchev–Trinajstić information content (AvgIpc) is 3.58. The molecule has 0 unspecified atom stereocenters. The fraction of sp³-hybridized carbons (Fsp3) is 0.280. The van der Waals surface area contributed by atoms with Crippen molar-refractivity contribution in [2.24, 2.45) is 0 Å². The molecule has 0 amide bonds. The number of hydrogen-bond acceptors (Lipinski definition) is 8. The fourth-order valence-electron chi connectivity index (χ4n) is 4.40. The second-order valence-electron chi connectivity index (χ2n) is 8.56. The van der Waals surface area contributed by atoms with E-state index in [2.05, 4.69) is 80.5 Å². The van der Waals surface area contributed by atoms with Crippen molar-refractivity contribution in [2.45, 2.75) is 46.7 Å². The number of aryl methyl sites for hydroxylation is 2. The molecule has 0 spiro atoms. The van der Waals surface area contributed by atoms with E-state index in [1.54, 1.807) is 22.7 Å². The molecule has 0 fully saturated rings. The van der Waals surface area contributed by atoms with Gasteiger partial charge in [-0.25, -0.2) is 0 Å². The topological polar surface area (TPSA) is 79.9 Å². The number of ether oxygens (including phenoxy) is 2. The van der Waals surface area contributed by atoms with Crippen LogP contribution in [-0.4, -0.2) is 29.5 Å². The van der Waals surface area contributed by atoms with Crippen LogP contribution in [0, 0.1) is 13.8 Å². The molecule has 7 rings (SSSR count). The first kappa shape index (κ1) is 23.7. The summed E-state index contributed by atoms with van der Waals surface area (Å²) < 4.78 is 16.6. The predicted octanol–water partition coefficient (Wildman–Crippen LogP) is 5.69. The summed E-state index contributed by atoms with van der Waals surface area (Å²) in [4.78, 5) is 0. The van der Waals surface area contributed by atoms with Gasteiger partial charge in [0.2, 0.25) is 0 Å². The Bertz CT molecular complexity index is 1520. The lowest BCUT2D eigenvalue weighted by molar-refractivity contribution is 0.104. The molecular weight excluding hydrogens is 560 g/mol. The summed E-state index contributed by atoms with van der Waals surface area (Å²) in [5.41, 5.74) is 5.11. The van der Waals surface area contributed by atoms with Crippen LogP contribution >= 0.6 is 38.6 Å². The number of aromatic nitrogens is 6. The second-order valence-corrected chi connectivity index (χ2v) is 11.1. The highest BCUT2D eigenvalue weighted by Crippen LogP contribution is 2.35. The van der Waals surface area contributed by atoms with Crippen LogP contribution in [0.2, 0.25) is 0 Å². The summed E-state index contributed by atoms with van der Waals surface area (Å²) in [6.07, 6.45) is 0.937. The number of fused-ring (bicyclic) bond motifs is 6. The highest BCUT2D eigenvalue weighted by atomic mass is 79.9. The molecule has 6 heterocycles. The van der Waals surface area contributed by atoms with Crippen molar-refractivity contribution < 1.29 is 9.47 Å². The number of benzene rings is 1. The largest absolute Gasteiger partial charge is 0.369 e. The Labute approximate surface area is 224 Å². The molecule has 0 saturated carbocycles. The lowest BCUT2D eigenvalue weighted by Crippen LogP contribution is -2.00. The van der Waals surface area contributed by atoms with Crippen LogP contribution in [0.5, 0.6) is 0 Å². The maximum atomic E-state index is 5.78. The van der Waals surface area contributed by atoms with Gasteiger partial charge in [0.05, 0.1) is 13.2 Å². The van der Waals surface area contributed by atoms with Crippen LogP contribution in [0.3, 0.4) is 0 Å². The van der Waals surface area contributed by atoms with Crippen LogP contribution in [0.1, 0.15) is 45.6 Å². The molecule has 0 bridgehead atoms. The van der Waals surface area contributed by atoms with Crippen molar-refractivity contribution in [3.05, 3.63) is 91.1 Å². The van der Waals surface area contributed by atoms with E-state index in [0.717, 1.165) is 39.2 Å². The highest BCUT2D eigenvalue weighted by Gasteiger charge is 2.23. The van der Waals surface area contributed by atoms with Gasteiger partial charge in [0.1, 0.15) is 34.9 Å². The lowest BCUT2D eigenvalue weighted by atomic mass is 10.0. The van der Waals surface area contributed by atoms with E-state index in [4.69, 9.17) is 9.47 Å². The molecule has 0 N–H and O–H groups in total. The van der Waals surface area contributed by atoms with Gasteiger partial charge in [-0.2, -0.15) is 0 Å². The lowest BCUT2D eigenvalue weighted by Gasteiger charge is -2.06. The number of nitrogens with zero attached hydrogens (tertiary/aromatic N) is 6. The van der Waals surface area contributed by atoms with Crippen molar-refractivity contribution in [3.8, 4) is 10.0 Å². The van der Waals surface area contributed by atoms with Crippen LogP contribution in [0.4, 0.5) is 0 Å². The van der Waals surface area contributed by atoms with Crippen molar-refractivity contribution >= 4 is 38.6 Å². The van der Waals surface area contributed by atoms with Gasteiger partial charge in [0.25, 0.3) is 0 Å². The second kappa shape index (κ2) is 9.98. The minimum atomic E-state index is 0.521. The van der Waals surface area contributed by atoms with Crippen LogP contribution in [0.15, 0.2) is 45.6 Å². The van der Waals surface area contributed by atoms with Crippen molar-refractivity contribution in [3.63, 3.8) is 0 Å². The van der Waals surface area contributed by atoms with Crippen molar-refractivity contribution in [1.82, 2.24) is 29.5 Å². The zero-order valence-electron chi connectivity index (χ0n) is 19.8. The number of hydrogen-bond donors (Lipinski definition) is 0. The Morgan fingerprint density at radius 2 is 1.36 bits per heavy atom. The van der Waals surface area contributed by atoms with Gasteiger partial charge in [-0.1, -0.05) is 30.3 Å². The van der Waals surface area contributed by atoms with Crippen molar-refractivity contribution in [2.75, 3.05) is 0 Å². The molecule has 5 aromatic rings. The molecule has 0 aliphatic carbocycles. The average molecular weight is 584 g/mol. The van der Waals surface area contributed by atoms with E-state index in [-0.39, 0.29) is 0 Å².